The summed E-state index contributed by atoms with van der Waals surface area (Å²) in [6.07, 6.45) is 3.81. The fraction of sp³-hybridized carbons (Fsp3) is 0.158. The molecule has 0 aliphatic carbocycles. The second kappa shape index (κ2) is 13.0. The van der Waals surface area contributed by atoms with E-state index in [-0.39, 0.29) is 5.82 Å². The Morgan fingerprint density at radius 2 is 1.61 bits per heavy atom. The molecule has 0 saturated carbocycles. The average molecular weight is 610 g/mol. The smallest absolute Gasteiger partial charge is 0.125 e. The Labute approximate surface area is 267 Å². The SMILES string of the molecule is CN(C)CCNc1cc(F)cc(-c2cccc3[nH]c(-c4n[nH]c5ccc(-c6cncc(CNCc7ccccc7)c6)cc45)cc23)c1. The lowest BCUT2D eigenvalue weighted by Crippen LogP contribution is -2.20. The summed E-state index contributed by atoms with van der Waals surface area (Å²) in [4.78, 5) is 10.2. The summed E-state index contributed by atoms with van der Waals surface area (Å²) >= 11 is 0. The Kier molecular flexibility index (Phi) is 8.29. The van der Waals surface area contributed by atoms with Gasteiger partial charge in [0.25, 0.3) is 0 Å². The Hall–Kier alpha value is -5.31. The molecule has 7 nitrogen and oxygen atoms in total. The highest BCUT2D eigenvalue weighted by Crippen LogP contribution is 2.36. The van der Waals surface area contributed by atoms with Gasteiger partial charge in [0.15, 0.2) is 0 Å². The molecule has 0 atom stereocenters. The van der Waals surface area contributed by atoms with Gasteiger partial charge in [0.2, 0.25) is 0 Å². The van der Waals surface area contributed by atoms with Gasteiger partial charge in [-0.1, -0.05) is 48.5 Å². The monoisotopic (exact) mass is 609 g/mol. The van der Waals surface area contributed by atoms with Crippen LogP contribution in [-0.2, 0) is 13.1 Å². The highest BCUT2D eigenvalue weighted by Gasteiger charge is 2.15. The average Bonchev–Trinajstić information content (AvgIpc) is 3.69. The number of aromatic amines is 2. The van der Waals surface area contributed by atoms with Crippen molar-refractivity contribution in [3.05, 3.63) is 126 Å². The number of rotatable bonds is 11. The number of H-pyrrole nitrogens is 2. The van der Waals surface area contributed by atoms with E-state index in [1.54, 1.807) is 12.1 Å². The number of nitrogens with zero attached hydrogens (tertiary/aromatic N) is 3. The van der Waals surface area contributed by atoms with Crippen molar-refractivity contribution in [2.75, 3.05) is 32.5 Å². The van der Waals surface area contributed by atoms with Gasteiger partial charge in [-0.25, -0.2) is 4.39 Å². The highest BCUT2D eigenvalue weighted by molar-refractivity contribution is 6.02. The molecule has 7 rings (SSSR count). The lowest BCUT2D eigenvalue weighted by molar-refractivity contribution is 0.425. The molecule has 0 amide bonds. The maximum atomic E-state index is 14.8. The summed E-state index contributed by atoms with van der Waals surface area (Å²) < 4.78 is 14.8. The van der Waals surface area contributed by atoms with Crippen LogP contribution in [0.1, 0.15) is 11.1 Å². The molecule has 0 saturated heterocycles. The van der Waals surface area contributed by atoms with Gasteiger partial charge < -0.3 is 20.5 Å². The first-order valence-electron chi connectivity index (χ1n) is 15.5. The molecular formula is C38H36FN7. The van der Waals surface area contributed by atoms with E-state index in [4.69, 9.17) is 5.10 Å². The quantitative estimate of drug-likeness (QED) is 0.120. The van der Waals surface area contributed by atoms with Crippen LogP contribution in [0.15, 0.2) is 109 Å². The minimum Gasteiger partial charge on any atom is -0.384 e. The predicted octanol–water partition coefficient (Wildman–Crippen LogP) is 7.84. The van der Waals surface area contributed by atoms with Crippen molar-refractivity contribution < 1.29 is 4.39 Å². The predicted molar refractivity (Wildman–Crippen MR) is 186 cm³/mol. The zero-order chi connectivity index (χ0) is 31.5. The van der Waals surface area contributed by atoms with Crippen molar-refractivity contribution in [2.45, 2.75) is 13.1 Å². The summed E-state index contributed by atoms with van der Waals surface area (Å²) in [5.41, 5.74) is 10.7. The van der Waals surface area contributed by atoms with Crippen LogP contribution in [0.4, 0.5) is 10.1 Å². The normalized spacial score (nSPS) is 11.6. The van der Waals surface area contributed by atoms with Crippen molar-refractivity contribution in [1.82, 2.24) is 30.4 Å². The van der Waals surface area contributed by atoms with Gasteiger partial charge in [0, 0.05) is 66.1 Å². The van der Waals surface area contributed by atoms with Gasteiger partial charge in [0.1, 0.15) is 11.5 Å². The standard InChI is InChI=1S/C38H36FN7/c1-46(2)14-13-42-31-17-28(16-30(39)19-31)32-9-6-10-35-33(32)20-37(43-35)38-34-18-27(11-12-36(34)44-45-38)29-15-26(23-41-24-29)22-40-21-25-7-4-3-5-8-25/h3-12,15-20,23-24,40,42-43H,13-14,21-22H2,1-2H3,(H,44,45). The number of fused-ring (bicyclic) bond motifs is 2. The highest BCUT2D eigenvalue weighted by atomic mass is 19.1. The maximum Gasteiger partial charge on any atom is 0.125 e. The number of hydrogen-bond donors (Lipinski definition) is 4. The number of halogens is 1. The summed E-state index contributed by atoms with van der Waals surface area (Å²) in [5, 5.41) is 16.8. The molecule has 230 valence electrons. The molecular weight excluding hydrogens is 573 g/mol. The Balaban J connectivity index is 1.17. The molecule has 0 fully saturated rings. The van der Waals surface area contributed by atoms with Crippen LogP contribution < -0.4 is 10.6 Å². The van der Waals surface area contributed by atoms with Crippen molar-refractivity contribution >= 4 is 27.5 Å². The molecule has 4 aromatic carbocycles. The van der Waals surface area contributed by atoms with E-state index in [2.05, 4.69) is 85.2 Å². The van der Waals surface area contributed by atoms with E-state index in [0.29, 0.717) is 0 Å². The van der Waals surface area contributed by atoms with E-state index >= 15 is 0 Å². The zero-order valence-corrected chi connectivity index (χ0v) is 25.9. The first kappa shape index (κ1) is 29.4. The minimum absolute atomic E-state index is 0.269. The summed E-state index contributed by atoms with van der Waals surface area (Å²) in [6.45, 7) is 3.12. The van der Waals surface area contributed by atoms with Gasteiger partial charge in [-0.3, -0.25) is 10.1 Å². The third-order valence-corrected chi connectivity index (χ3v) is 8.21. The third-order valence-electron chi connectivity index (χ3n) is 8.21. The van der Waals surface area contributed by atoms with E-state index in [9.17, 15) is 4.39 Å². The van der Waals surface area contributed by atoms with Gasteiger partial charge in [-0.2, -0.15) is 5.10 Å². The van der Waals surface area contributed by atoms with Gasteiger partial charge in [0.05, 0.1) is 11.2 Å². The summed E-state index contributed by atoms with van der Waals surface area (Å²) in [5.74, 6) is -0.269. The van der Waals surface area contributed by atoms with Gasteiger partial charge >= 0.3 is 0 Å². The molecule has 3 aromatic heterocycles. The van der Waals surface area contributed by atoms with Crippen LogP contribution in [-0.4, -0.2) is 52.3 Å². The Bertz CT molecular complexity index is 2110. The number of anilines is 1. The number of nitrogens with one attached hydrogen (secondary N) is 4. The van der Waals surface area contributed by atoms with E-state index < -0.39 is 0 Å². The molecule has 3 heterocycles. The number of benzene rings is 4. The number of likely N-dealkylation sites (N-methyl/N-ethyl adjacent to an activating group) is 1. The van der Waals surface area contributed by atoms with Gasteiger partial charge in [-0.15, -0.1) is 0 Å². The molecule has 7 aromatic rings. The molecule has 0 spiro atoms. The lowest BCUT2D eigenvalue weighted by Gasteiger charge is -2.13. The third kappa shape index (κ3) is 6.40. The lowest BCUT2D eigenvalue weighted by atomic mass is 10.00. The largest absolute Gasteiger partial charge is 0.384 e. The maximum absolute atomic E-state index is 14.8. The van der Waals surface area contributed by atoms with Crippen LogP contribution in [0.2, 0.25) is 0 Å². The first-order chi connectivity index (χ1) is 22.5. The van der Waals surface area contributed by atoms with Crippen LogP contribution in [0.3, 0.4) is 0 Å². The Morgan fingerprint density at radius 1 is 0.739 bits per heavy atom. The van der Waals surface area contributed by atoms with Crippen LogP contribution >= 0.6 is 0 Å². The number of pyridine rings is 1. The molecule has 0 unspecified atom stereocenters. The summed E-state index contributed by atoms with van der Waals surface area (Å²) in [6, 6.07) is 32.2. The molecule has 4 N–H and O–H groups in total. The van der Waals surface area contributed by atoms with Crippen molar-refractivity contribution in [2.24, 2.45) is 0 Å². The van der Waals surface area contributed by atoms with Crippen molar-refractivity contribution in [3.8, 4) is 33.6 Å². The second-order valence-corrected chi connectivity index (χ2v) is 11.9. The molecule has 0 aliphatic heterocycles. The van der Waals surface area contributed by atoms with Crippen LogP contribution in [0.25, 0.3) is 55.4 Å². The molecule has 46 heavy (non-hydrogen) atoms. The number of aromatic nitrogens is 4. The molecule has 8 heteroatoms. The fourth-order valence-electron chi connectivity index (χ4n) is 5.89. The van der Waals surface area contributed by atoms with E-state index in [0.717, 1.165) is 92.9 Å². The van der Waals surface area contributed by atoms with Crippen LogP contribution in [0.5, 0.6) is 0 Å². The molecule has 0 radical (unpaired) electrons. The number of hydrogen-bond acceptors (Lipinski definition) is 5. The van der Waals surface area contributed by atoms with Crippen LogP contribution in [0, 0.1) is 5.82 Å². The van der Waals surface area contributed by atoms with Gasteiger partial charge in [-0.05, 0) is 90.4 Å². The minimum atomic E-state index is -0.269. The van der Waals surface area contributed by atoms with Crippen molar-refractivity contribution in [3.63, 3.8) is 0 Å². The topological polar surface area (TPSA) is 84.7 Å². The molecule has 0 bridgehead atoms. The molecule has 0 aliphatic rings. The van der Waals surface area contributed by atoms with E-state index in [1.165, 1.54) is 5.56 Å². The Morgan fingerprint density at radius 3 is 2.48 bits per heavy atom. The zero-order valence-electron chi connectivity index (χ0n) is 25.9. The summed E-state index contributed by atoms with van der Waals surface area (Å²) in [7, 11) is 4.04. The van der Waals surface area contributed by atoms with E-state index in [1.807, 2.05) is 56.8 Å². The second-order valence-electron chi connectivity index (χ2n) is 11.9. The van der Waals surface area contributed by atoms with Crippen molar-refractivity contribution in [1.29, 1.82) is 0 Å². The fourth-order valence-corrected chi connectivity index (χ4v) is 5.89. The first-order valence-corrected chi connectivity index (χ1v) is 15.5.